The van der Waals surface area contributed by atoms with Gasteiger partial charge in [-0.05, 0) is 7.05 Å². The highest BCUT2D eigenvalue weighted by molar-refractivity contribution is 5.89. The number of guanidine groups is 1. The van der Waals surface area contributed by atoms with E-state index in [1.807, 2.05) is 18.5 Å². The highest BCUT2D eigenvalue weighted by Gasteiger charge is 2.16. The zero-order chi connectivity index (χ0) is 9.80. The minimum Gasteiger partial charge on any atom is -0.338 e. The number of hydrogen-bond donors (Lipinski definition) is 0. The fraction of sp³-hybridized carbons (Fsp3) is 0.600. The molecule has 2 heterocycles. The second-order valence-electron chi connectivity index (χ2n) is 3.65. The lowest BCUT2D eigenvalue weighted by Crippen LogP contribution is -2.46. The Kier molecular flexibility index (Phi) is 2.93. The van der Waals surface area contributed by atoms with Crippen molar-refractivity contribution in [2.75, 3.05) is 33.2 Å². The molecule has 2 rings (SSSR count). The van der Waals surface area contributed by atoms with E-state index in [0.717, 1.165) is 38.6 Å². The summed E-state index contributed by atoms with van der Waals surface area (Å²) in [7, 11) is 2.15. The van der Waals surface area contributed by atoms with E-state index in [9.17, 15) is 0 Å². The van der Waals surface area contributed by atoms with Gasteiger partial charge in [0.1, 0.15) is 0 Å². The molecule has 2 aliphatic rings. The molecule has 14 heavy (non-hydrogen) atoms. The zero-order valence-electron chi connectivity index (χ0n) is 8.56. The molecule has 0 unspecified atom stereocenters. The van der Waals surface area contributed by atoms with Crippen molar-refractivity contribution in [1.29, 1.82) is 0 Å². The van der Waals surface area contributed by atoms with Crippen LogP contribution < -0.4 is 0 Å². The summed E-state index contributed by atoms with van der Waals surface area (Å²) in [6.07, 6.45) is 6.68. The summed E-state index contributed by atoms with van der Waals surface area (Å²) in [5.74, 6) is 0.867. The monoisotopic (exact) mass is 192 g/mol. The van der Waals surface area contributed by atoms with Crippen molar-refractivity contribution in [3.8, 4) is 0 Å². The predicted octanol–water partition coefficient (Wildman–Crippen LogP) is 0.578. The largest absolute Gasteiger partial charge is 0.338 e. The number of nitrogens with zero attached hydrogens (tertiary/aromatic N) is 4. The maximum absolute atomic E-state index is 4.34. The summed E-state index contributed by atoms with van der Waals surface area (Å²) >= 11 is 0. The SMILES string of the molecule is CN1CCN(C2=NC=CCC=N2)CC1. The first-order chi connectivity index (χ1) is 6.86. The minimum absolute atomic E-state index is 0.867. The third-order valence-corrected chi connectivity index (χ3v) is 2.53. The van der Waals surface area contributed by atoms with Gasteiger partial charge in [0.25, 0.3) is 0 Å². The first-order valence-electron chi connectivity index (χ1n) is 5.05. The summed E-state index contributed by atoms with van der Waals surface area (Å²) in [6, 6.07) is 0. The van der Waals surface area contributed by atoms with E-state index in [1.54, 1.807) is 0 Å². The van der Waals surface area contributed by atoms with E-state index < -0.39 is 0 Å². The van der Waals surface area contributed by atoms with Gasteiger partial charge in [-0.1, -0.05) is 6.08 Å². The van der Waals surface area contributed by atoms with Crippen molar-refractivity contribution in [3.05, 3.63) is 12.3 Å². The third kappa shape index (κ3) is 2.20. The van der Waals surface area contributed by atoms with E-state index in [1.165, 1.54) is 0 Å². The summed E-state index contributed by atoms with van der Waals surface area (Å²) in [6.45, 7) is 4.25. The Hall–Kier alpha value is -1.16. The van der Waals surface area contributed by atoms with Crippen LogP contribution in [-0.2, 0) is 0 Å². The Labute approximate surface area is 84.6 Å². The number of allylic oxidation sites excluding steroid dienone is 1. The highest BCUT2D eigenvalue weighted by Crippen LogP contribution is 2.03. The van der Waals surface area contributed by atoms with Gasteiger partial charge >= 0.3 is 0 Å². The second-order valence-corrected chi connectivity index (χ2v) is 3.65. The Bertz CT molecular complexity index is 272. The first-order valence-corrected chi connectivity index (χ1v) is 5.05. The van der Waals surface area contributed by atoms with Gasteiger partial charge in [-0.25, -0.2) is 9.98 Å². The van der Waals surface area contributed by atoms with Gasteiger partial charge in [0.2, 0.25) is 5.96 Å². The fourth-order valence-corrected chi connectivity index (χ4v) is 1.58. The van der Waals surface area contributed by atoms with Gasteiger partial charge in [0.15, 0.2) is 0 Å². The Morgan fingerprint density at radius 3 is 2.79 bits per heavy atom. The molecular formula is C10H16N4. The Morgan fingerprint density at radius 1 is 1.21 bits per heavy atom. The number of likely N-dealkylation sites (N-methyl/N-ethyl adjacent to an activating group) is 1. The molecule has 0 aromatic heterocycles. The van der Waals surface area contributed by atoms with Crippen LogP contribution in [0.2, 0.25) is 0 Å². The normalized spacial score (nSPS) is 23.5. The van der Waals surface area contributed by atoms with Crippen LogP contribution in [0.5, 0.6) is 0 Å². The molecule has 0 aromatic carbocycles. The lowest BCUT2D eigenvalue weighted by Gasteiger charge is -2.32. The zero-order valence-corrected chi connectivity index (χ0v) is 8.56. The van der Waals surface area contributed by atoms with E-state index >= 15 is 0 Å². The van der Waals surface area contributed by atoms with E-state index in [-0.39, 0.29) is 0 Å². The average Bonchev–Trinajstić information content (AvgIpc) is 2.47. The van der Waals surface area contributed by atoms with Gasteiger partial charge in [-0.2, -0.15) is 0 Å². The van der Waals surface area contributed by atoms with Crippen LogP contribution in [0.15, 0.2) is 22.3 Å². The molecule has 0 amide bonds. The average molecular weight is 192 g/mol. The van der Waals surface area contributed by atoms with Crippen LogP contribution in [0.1, 0.15) is 6.42 Å². The molecule has 1 fully saturated rings. The van der Waals surface area contributed by atoms with Gasteiger partial charge in [-0.15, -0.1) is 0 Å². The van der Waals surface area contributed by atoms with Crippen LogP contribution >= 0.6 is 0 Å². The van der Waals surface area contributed by atoms with Crippen molar-refractivity contribution >= 4 is 12.2 Å². The van der Waals surface area contributed by atoms with E-state index in [0.29, 0.717) is 0 Å². The molecule has 2 aliphatic heterocycles. The van der Waals surface area contributed by atoms with Crippen LogP contribution in [0.3, 0.4) is 0 Å². The first kappa shape index (κ1) is 9.40. The van der Waals surface area contributed by atoms with Crippen molar-refractivity contribution in [3.63, 3.8) is 0 Å². The fourth-order valence-electron chi connectivity index (χ4n) is 1.58. The molecule has 0 bridgehead atoms. The molecule has 76 valence electrons. The molecule has 4 nitrogen and oxygen atoms in total. The predicted molar refractivity (Wildman–Crippen MR) is 58.8 cm³/mol. The standard InChI is InChI=1S/C10H16N4/c1-13-6-8-14(9-7-13)10-11-4-2-3-5-12-10/h2,4-5H,3,6-9H2,1H3. The van der Waals surface area contributed by atoms with Crippen molar-refractivity contribution in [2.45, 2.75) is 6.42 Å². The summed E-state index contributed by atoms with van der Waals surface area (Å²) in [4.78, 5) is 13.2. The third-order valence-electron chi connectivity index (χ3n) is 2.53. The smallest absolute Gasteiger partial charge is 0.225 e. The van der Waals surface area contributed by atoms with Gasteiger partial charge in [0, 0.05) is 45.0 Å². The lowest BCUT2D eigenvalue weighted by atomic mass is 10.3. The van der Waals surface area contributed by atoms with Crippen LogP contribution in [0.25, 0.3) is 0 Å². The van der Waals surface area contributed by atoms with Crippen molar-refractivity contribution in [1.82, 2.24) is 9.80 Å². The maximum Gasteiger partial charge on any atom is 0.225 e. The molecule has 1 saturated heterocycles. The number of aliphatic imine (C=N–C) groups is 2. The van der Waals surface area contributed by atoms with Crippen LogP contribution in [0, 0.1) is 0 Å². The van der Waals surface area contributed by atoms with Crippen molar-refractivity contribution in [2.24, 2.45) is 9.98 Å². The van der Waals surface area contributed by atoms with E-state index in [4.69, 9.17) is 0 Å². The molecule has 0 aliphatic carbocycles. The quantitative estimate of drug-likeness (QED) is 0.562. The Balaban J connectivity index is 2.00. The molecule has 0 spiro atoms. The van der Waals surface area contributed by atoms with Crippen LogP contribution in [0.4, 0.5) is 0 Å². The molecular weight excluding hydrogens is 176 g/mol. The van der Waals surface area contributed by atoms with E-state index in [2.05, 4.69) is 26.8 Å². The summed E-state index contributed by atoms with van der Waals surface area (Å²) in [5, 5.41) is 0. The van der Waals surface area contributed by atoms with Crippen LogP contribution in [-0.4, -0.2) is 55.2 Å². The summed E-state index contributed by atoms with van der Waals surface area (Å²) < 4.78 is 0. The van der Waals surface area contributed by atoms with Gasteiger partial charge < -0.3 is 9.80 Å². The highest BCUT2D eigenvalue weighted by atomic mass is 15.3. The number of piperazine rings is 1. The molecule has 0 N–H and O–H groups in total. The van der Waals surface area contributed by atoms with Crippen molar-refractivity contribution < 1.29 is 0 Å². The topological polar surface area (TPSA) is 31.2 Å². The molecule has 0 saturated carbocycles. The van der Waals surface area contributed by atoms with Gasteiger partial charge in [0.05, 0.1) is 0 Å². The molecule has 0 atom stereocenters. The number of hydrogen-bond acceptors (Lipinski definition) is 4. The second kappa shape index (κ2) is 4.37. The molecule has 0 aromatic rings. The Morgan fingerprint density at radius 2 is 2.00 bits per heavy atom. The molecule has 0 radical (unpaired) electrons. The maximum atomic E-state index is 4.34. The minimum atomic E-state index is 0.867. The summed E-state index contributed by atoms with van der Waals surface area (Å²) in [5.41, 5.74) is 0. The van der Waals surface area contributed by atoms with Gasteiger partial charge in [-0.3, -0.25) is 0 Å². The molecule has 4 heteroatoms. The number of rotatable bonds is 0. The lowest BCUT2D eigenvalue weighted by molar-refractivity contribution is 0.214.